The van der Waals surface area contributed by atoms with Crippen LogP contribution in [0.5, 0.6) is 0 Å². The molecule has 0 aliphatic heterocycles. The zero-order chi connectivity index (χ0) is 10.8. The number of hydrogen-bond donors (Lipinski definition) is 2. The molecule has 0 aromatic heterocycles. The number of benzene rings is 1. The molecule has 0 saturated heterocycles. The highest BCUT2D eigenvalue weighted by Crippen LogP contribution is 2.38. The summed E-state index contributed by atoms with van der Waals surface area (Å²) >= 11 is -2.30. The first kappa shape index (κ1) is 11.6. The first-order valence-corrected chi connectivity index (χ1v) is 6.48. The lowest BCUT2D eigenvalue weighted by atomic mass is 10.2. The average molecular weight is 235 g/mol. The Morgan fingerprint density at radius 1 is 1.29 bits per heavy atom. The van der Waals surface area contributed by atoms with Gasteiger partial charge in [0.2, 0.25) is 0 Å². The van der Waals surface area contributed by atoms with E-state index in [1.54, 1.807) is 0 Å². The first-order chi connectivity index (χ1) is 6.38. The van der Waals surface area contributed by atoms with Crippen LogP contribution in [-0.4, -0.2) is 18.5 Å². The minimum atomic E-state index is -4.08. The molecular weight excluding hydrogens is 227 g/mol. The maximum Gasteiger partial charge on any atom is 0.329 e. The maximum atomic E-state index is 10.6. The predicted molar refractivity (Wildman–Crippen MR) is 49.4 cm³/mol. The molecule has 1 unspecified atom stereocenters. The van der Waals surface area contributed by atoms with Crippen LogP contribution >= 0.6 is 7.60 Å². The van der Waals surface area contributed by atoms with Crippen LogP contribution in [-0.2, 0) is 21.8 Å². The van der Waals surface area contributed by atoms with E-state index in [0.717, 1.165) is 0 Å². The second kappa shape index (κ2) is 4.33. The largest absolute Gasteiger partial charge is 0.768 e. The molecule has 2 N–H and O–H groups in total. The Morgan fingerprint density at radius 3 is 2.14 bits per heavy atom. The van der Waals surface area contributed by atoms with Gasteiger partial charge in [-0.05, 0) is 28.8 Å². The normalized spacial score (nSPS) is 13.9. The summed E-state index contributed by atoms with van der Waals surface area (Å²) in [5.74, 6) is 0. The van der Waals surface area contributed by atoms with Crippen molar-refractivity contribution in [3.8, 4) is 0 Å². The fraction of sp³-hybridized carbons (Fsp3) is 0.143. The fourth-order valence-corrected chi connectivity index (χ4v) is 1.99. The van der Waals surface area contributed by atoms with Gasteiger partial charge in [0.05, 0.1) is 6.16 Å². The Hall–Kier alpha value is -0.520. The molecule has 0 aliphatic rings. The van der Waals surface area contributed by atoms with Gasteiger partial charge in [0.25, 0.3) is 0 Å². The van der Waals surface area contributed by atoms with E-state index in [0.29, 0.717) is 5.56 Å². The highest BCUT2D eigenvalue weighted by Gasteiger charge is 2.13. The molecule has 0 amide bonds. The fourth-order valence-electron chi connectivity index (χ4n) is 0.944. The molecular formula is C7H8O5PS-. The number of rotatable bonds is 3. The lowest BCUT2D eigenvalue weighted by Crippen LogP contribution is -1.90. The molecule has 0 saturated carbocycles. The summed E-state index contributed by atoms with van der Waals surface area (Å²) in [4.78, 5) is 17.4. The minimum Gasteiger partial charge on any atom is -0.768 e. The Kier molecular flexibility index (Phi) is 3.58. The van der Waals surface area contributed by atoms with Crippen molar-refractivity contribution in [2.24, 2.45) is 0 Å². The highest BCUT2D eigenvalue weighted by atomic mass is 32.2. The van der Waals surface area contributed by atoms with E-state index in [9.17, 15) is 13.3 Å². The Labute approximate surface area is 83.2 Å². The van der Waals surface area contributed by atoms with Crippen molar-refractivity contribution in [3.05, 3.63) is 29.8 Å². The molecule has 0 aliphatic carbocycles. The Balaban J connectivity index is 2.84. The first-order valence-electron chi connectivity index (χ1n) is 3.61. The molecule has 78 valence electrons. The molecule has 1 aromatic carbocycles. The Bertz CT molecular complexity index is 382. The summed E-state index contributed by atoms with van der Waals surface area (Å²) in [6.07, 6.45) is -0.376. The van der Waals surface area contributed by atoms with E-state index in [1.165, 1.54) is 24.3 Å². The smallest absolute Gasteiger partial charge is 0.329 e. The molecule has 0 bridgehead atoms. The van der Waals surface area contributed by atoms with Gasteiger partial charge in [-0.15, -0.1) is 0 Å². The minimum absolute atomic E-state index is 0.0967. The van der Waals surface area contributed by atoms with E-state index in [-0.39, 0.29) is 11.1 Å². The molecule has 1 rings (SSSR count). The summed E-state index contributed by atoms with van der Waals surface area (Å²) in [5, 5.41) is 0. The van der Waals surface area contributed by atoms with Crippen LogP contribution in [0.4, 0.5) is 0 Å². The molecule has 0 spiro atoms. The van der Waals surface area contributed by atoms with E-state index < -0.39 is 18.7 Å². The third-order valence-electron chi connectivity index (χ3n) is 1.50. The summed E-state index contributed by atoms with van der Waals surface area (Å²) in [7, 11) is -4.08. The molecule has 7 heteroatoms. The SMILES string of the molecule is O=S([O-])c1ccc(CP(=O)(O)O)cc1. The van der Waals surface area contributed by atoms with Crippen molar-refractivity contribution < 1.29 is 23.1 Å². The van der Waals surface area contributed by atoms with Crippen LogP contribution in [0.25, 0.3) is 0 Å². The van der Waals surface area contributed by atoms with Gasteiger partial charge >= 0.3 is 7.60 Å². The van der Waals surface area contributed by atoms with Crippen LogP contribution in [0.3, 0.4) is 0 Å². The number of hydrogen-bond acceptors (Lipinski definition) is 3. The van der Waals surface area contributed by atoms with Crippen molar-refractivity contribution in [1.82, 2.24) is 0 Å². The highest BCUT2D eigenvalue weighted by molar-refractivity contribution is 7.79. The predicted octanol–water partition coefficient (Wildman–Crippen LogP) is 0.602. The molecule has 5 nitrogen and oxygen atoms in total. The van der Waals surface area contributed by atoms with E-state index in [4.69, 9.17) is 9.79 Å². The van der Waals surface area contributed by atoms with Gasteiger partial charge in [-0.25, -0.2) is 0 Å². The van der Waals surface area contributed by atoms with Gasteiger partial charge in [0.15, 0.2) is 0 Å². The second-order valence-corrected chi connectivity index (χ2v) is 5.29. The van der Waals surface area contributed by atoms with Crippen LogP contribution in [0, 0.1) is 0 Å². The summed E-state index contributed by atoms with van der Waals surface area (Å²) in [5.41, 5.74) is 0.410. The van der Waals surface area contributed by atoms with E-state index in [2.05, 4.69) is 0 Å². The average Bonchev–Trinajstić information content (AvgIpc) is 2.02. The zero-order valence-corrected chi connectivity index (χ0v) is 8.70. The lowest BCUT2D eigenvalue weighted by molar-refractivity contribution is 0.371. The van der Waals surface area contributed by atoms with Gasteiger partial charge in [-0.3, -0.25) is 8.77 Å². The second-order valence-electron chi connectivity index (χ2n) is 2.70. The van der Waals surface area contributed by atoms with Crippen molar-refractivity contribution in [1.29, 1.82) is 0 Å². The third kappa shape index (κ3) is 3.69. The van der Waals surface area contributed by atoms with Gasteiger partial charge in [-0.1, -0.05) is 12.1 Å². The van der Waals surface area contributed by atoms with E-state index in [1.807, 2.05) is 0 Å². The molecule has 0 radical (unpaired) electrons. The van der Waals surface area contributed by atoms with Gasteiger partial charge in [0.1, 0.15) is 0 Å². The topological polar surface area (TPSA) is 97.7 Å². The van der Waals surface area contributed by atoms with Crippen molar-refractivity contribution in [2.75, 3.05) is 0 Å². The van der Waals surface area contributed by atoms with Crippen LogP contribution in [0.2, 0.25) is 0 Å². The van der Waals surface area contributed by atoms with Crippen LogP contribution in [0.15, 0.2) is 29.2 Å². The van der Waals surface area contributed by atoms with Gasteiger partial charge in [-0.2, -0.15) is 0 Å². The van der Waals surface area contributed by atoms with Crippen LogP contribution < -0.4 is 0 Å². The Morgan fingerprint density at radius 2 is 1.79 bits per heavy atom. The van der Waals surface area contributed by atoms with E-state index >= 15 is 0 Å². The van der Waals surface area contributed by atoms with Crippen molar-refractivity contribution >= 4 is 18.7 Å². The standard InChI is InChI=1S/C7H9O5PS/c8-13(9,10)5-6-1-3-7(4-2-6)14(11)12/h1-4H,5H2,(H,11,12)(H2,8,9,10)/p-1. The maximum absolute atomic E-state index is 10.6. The monoisotopic (exact) mass is 235 g/mol. The molecule has 1 aromatic rings. The van der Waals surface area contributed by atoms with Gasteiger partial charge < -0.3 is 14.3 Å². The van der Waals surface area contributed by atoms with Gasteiger partial charge in [0, 0.05) is 4.90 Å². The summed E-state index contributed by atoms with van der Waals surface area (Å²) in [6.45, 7) is 0. The summed E-state index contributed by atoms with van der Waals surface area (Å²) < 4.78 is 31.5. The van der Waals surface area contributed by atoms with Crippen molar-refractivity contribution in [2.45, 2.75) is 11.1 Å². The third-order valence-corrected chi connectivity index (χ3v) is 2.94. The van der Waals surface area contributed by atoms with Crippen LogP contribution in [0.1, 0.15) is 5.56 Å². The molecule has 1 atom stereocenters. The quantitative estimate of drug-likeness (QED) is 0.590. The zero-order valence-electron chi connectivity index (χ0n) is 6.99. The molecule has 0 fully saturated rings. The van der Waals surface area contributed by atoms with Crippen molar-refractivity contribution in [3.63, 3.8) is 0 Å². The summed E-state index contributed by atoms with van der Waals surface area (Å²) in [6, 6.07) is 5.36. The molecule has 0 heterocycles. The lowest BCUT2D eigenvalue weighted by Gasteiger charge is -2.07. The molecule has 14 heavy (non-hydrogen) atoms.